The van der Waals surface area contributed by atoms with Gasteiger partial charge in [0.15, 0.2) is 5.96 Å². The molecule has 2 aliphatic carbocycles. The van der Waals surface area contributed by atoms with Crippen LogP contribution >= 0.6 is 35.3 Å². The Hall–Kier alpha value is -0.300. The Morgan fingerprint density at radius 2 is 2.24 bits per heavy atom. The molecule has 1 heterocycles. The van der Waals surface area contributed by atoms with Crippen LogP contribution in [-0.4, -0.2) is 31.5 Å². The minimum atomic E-state index is 0. The summed E-state index contributed by atoms with van der Waals surface area (Å²) in [6, 6.07) is 2.19. The summed E-state index contributed by atoms with van der Waals surface area (Å²) in [4.78, 5) is 6.67. The lowest BCUT2D eigenvalue weighted by Crippen LogP contribution is -2.47. The Balaban J connectivity index is 0.00000161. The standard InChI is InChI=1S/C16H25N3S.HI/c1-17-15(19(2)10-13-6-9-20-11-13)18-12-16(7-3-8-16)14-4-5-14;/h6,9,11,14H,3-5,7-8,10,12H2,1-2H3,(H,17,18);1H. The van der Waals surface area contributed by atoms with Crippen LogP contribution in [0.2, 0.25) is 0 Å². The molecule has 1 aromatic rings. The average molecular weight is 419 g/mol. The zero-order valence-electron chi connectivity index (χ0n) is 13.0. The molecule has 2 fully saturated rings. The van der Waals surface area contributed by atoms with Gasteiger partial charge in [-0.1, -0.05) is 6.42 Å². The molecule has 2 saturated carbocycles. The molecule has 5 heteroatoms. The van der Waals surface area contributed by atoms with E-state index in [-0.39, 0.29) is 24.0 Å². The number of hydrogen-bond acceptors (Lipinski definition) is 2. The fourth-order valence-electron chi connectivity index (χ4n) is 3.43. The smallest absolute Gasteiger partial charge is 0.193 e. The first-order chi connectivity index (χ1) is 9.73. The maximum atomic E-state index is 4.44. The molecule has 3 rings (SSSR count). The minimum Gasteiger partial charge on any atom is -0.356 e. The van der Waals surface area contributed by atoms with E-state index in [1.165, 1.54) is 37.7 Å². The van der Waals surface area contributed by atoms with Crippen LogP contribution in [0.15, 0.2) is 21.8 Å². The molecule has 0 aliphatic heterocycles. The maximum absolute atomic E-state index is 4.44. The van der Waals surface area contributed by atoms with Gasteiger partial charge in [0, 0.05) is 27.2 Å². The Kier molecular flexibility index (Phi) is 5.94. The molecular weight excluding hydrogens is 393 g/mol. The Labute approximate surface area is 149 Å². The van der Waals surface area contributed by atoms with Gasteiger partial charge in [-0.3, -0.25) is 4.99 Å². The lowest BCUT2D eigenvalue weighted by Gasteiger charge is -2.43. The molecule has 0 atom stereocenters. The van der Waals surface area contributed by atoms with Crippen LogP contribution in [0.25, 0.3) is 0 Å². The van der Waals surface area contributed by atoms with E-state index in [2.05, 4.69) is 39.1 Å². The second-order valence-corrected chi connectivity index (χ2v) is 7.16. The van der Waals surface area contributed by atoms with E-state index in [0.29, 0.717) is 5.41 Å². The molecule has 0 unspecified atom stereocenters. The average Bonchev–Trinajstić information content (AvgIpc) is 3.11. The van der Waals surface area contributed by atoms with E-state index < -0.39 is 0 Å². The van der Waals surface area contributed by atoms with Crippen molar-refractivity contribution >= 4 is 41.3 Å². The largest absolute Gasteiger partial charge is 0.356 e. The van der Waals surface area contributed by atoms with Crippen molar-refractivity contribution in [2.24, 2.45) is 16.3 Å². The molecule has 1 N–H and O–H groups in total. The molecule has 0 bridgehead atoms. The highest BCUT2D eigenvalue weighted by atomic mass is 127. The summed E-state index contributed by atoms with van der Waals surface area (Å²) < 4.78 is 0. The zero-order valence-corrected chi connectivity index (χ0v) is 16.1. The van der Waals surface area contributed by atoms with Crippen molar-refractivity contribution in [2.75, 3.05) is 20.6 Å². The van der Waals surface area contributed by atoms with Crippen molar-refractivity contribution in [3.05, 3.63) is 22.4 Å². The van der Waals surface area contributed by atoms with Gasteiger partial charge < -0.3 is 10.2 Å². The monoisotopic (exact) mass is 419 g/mol. The highest BCUT2D eigenvalue weighted by Crippen LogP contribution is 2.56. The first-order valence-electron chi connectivity index (χ1n) is 7.66. The van der Waals surface area contributed by atoms with Crippen LogP contribution in [0.5, 0.6) is 0 Å². The summed E-state index contributed by atoms with van der Waals surface area (Å²) in [5.41, 5.74) is 1.96. The second-order valence-electron chi connectivity index (χ2n) is 6.38. The summed E-state index contributed by atoms with van der Waals surface area (Å²) >= 11 is 1.76. The topological polar surface area (TPSA) is 27.6 Å². The molecule has 3 nitrogen and oxygen atoms in total. The molecule has 0 saturated heterocycles. The minimum absolute atomic E-state index is 0. The quantitative estimate of drug-likeness (QED) is 0.445. The van der Waals surface area contributed by atoms with Gasteiger partial charge in [0.05, 0.1) is 0 Å². The molecule has 0 radical (unpaired) electrons. The van der Waals surface area contributed by atoms with Crippen LogP contribution in [-0.2, 0) is 6.54 Å². The molecular formula is C16H26IN3S. The number of guanidine groups is 1. The second kappa shape index (κ2) is 7.31. The highest BCUT2D eigenvalue weighted by Gasteiger charge is 2.48. The van der Waals surface area contributed by atoms with E-state index in [1.807, 2.05) is 7.05 Å². The molecule has 0 aromatic carbocycles. The fourth-order valence-corrected chi connectivity index (χ4v) is 4.09. The summed E-state index contributed by atoms with van der Waals surface area (Å²) in [5, 5.41) is 7.97. The maximum Gasteiger partial charge on any atom is 0.193 e. The van der Waals surface area contributed by atoms with Gasteiger partial charge in [-0.2, -0.15) is 11.3 Å². The third-order valence-electron chi connectivity index (χ3n) is 4.96. The normalized spacial score (nSPS) is 20.4. The highest BCUT2D eigenvalue weighted by molar-refractivity contribution is 14.0. The lowest BCUT2D eigenvalue weighted by atomic mass is 9.65. The summed E-state index contributed by atoms with van der Waals surface area (Å²) in [5.74, 6) is 2.02. The van der Waals surface area contributed by atoms with Crippen LogP contribution in [0, 0.1) is 11.3 Å². The van der Waals surface area contributed by atoms with Gasteiger partial charge in [-0.15, -0.1) is 24.0 Å². The van der Waals surface area contributed by atoms with Crippen molar-refractivity contribution in [1.82, 2.24) is 10.2 Å². The Morgan fingerprint density at radius 3 is 2.71 bits per heavy atom. The van der Waals surface area contributed by atoms with E-state index in [0.717, 1.165) is 25.0 Å². The predicted molar refractivity (Wildman–Crippen MR) is 102 cm³/mol. The Morgan fingerprint density at radius 1 is 1.48 bits per heavy atom. The molecule has 1 aromatic heterocycles. The van der Waals surface area contributed by atoms with Gasteiger partial charge in [0.2, 0.25) is 0 Å². The van der Waals surface area contributed by atoms with Crippen molar-refractivity contribution in [2.45, 2.75) is 38.6 Å². The van der Waals surface area contributed by atoms with Crippen LogP contribution < -0.4 is 5.32 Å². The molecule has 2 aliphatic rings. The van der Waals surface area contributed by atoms with Gasteiger partial charge in [-0.25, -0.2) is 0 Å². The SMILES string of the molecule is CN=C(NCC1(C2CC2)CCC1)N(C)Cc1ccsc1.I. The molecule has 21 heavy (non-hydrogen) atoms. The van der Waals surface area contributed by atoms with Crippen molar-refractivity contribution in [3.63, 3.8) is 0 Å². The fraction of sp³-hybridized carbons (Fsp3) is 0.688. The number of halogens is 1. The van der Waals surface area contributed by atoms with E-state index in [9.17, 15) is 0 Å². The molecule has 0 spiro atoms. The number of hydrogen-bond donors (Lipinski definition) is 1. The van der Waals surface area contributed by atoms with Gasteiger partial charge in [-0.05, 0) is 59.4 Å². The zero-order chi connectivity index (χ0) is 14.0. The summed E-state index contributed by atoms with van der Waals surface area (Å²) in [6.45, 7) is 2.04. The number of nitrogens with zero attached hydrogens (tertiary/aromatic N) is 2. The third kappa shape index (κ3) is 3.92. The number of aliphatic imine (C=N–C) groups is 1. The third-order valence-corrected chi connectivity index (χ3v) is 5.70. The van der Waals surface area contributed by atoms with Gasteiger partial charge >= 0.3 is 0 Å². The number of rotatable bonds is 5. The van der Waals surface area contributed by atoms with Crippen LogP contribution in [0.4, 0.5) is 0 Å². The number of thiophene rings is 1. The first kappa shape index (κ1) is 17.1. The van der Waals surface area contributed by atoms with E-state index >= 15 is 0 Å². The number of nitrogens with one attached hydrogen (secondary N) is 1. The van der Waals surface area contributed by atoms with Crippen molar-refractivity contribution < 1.29 is 0 Å². The van der Waals surface area contributed by atoms with Crippen molar-refractivity contribution in [1.29, 1.82) is 0 Å². The van der Waals surface area contributed by atoms with E-state index in [4.69, 9.17) is 0 Å². The van der Waals surface area contributed by atoms with E-state index in [1.54, 1.807) is 11.3 Å². The van der Waals surface area contributed by atoms with Crippen molar-refractivity contribution in [3.8, 4) is 0 Å². The van der Waals surface area contributed by atoms with Crippen LogP contribution in [0.1, 0.15) is 37.7 Å². The van der Waals surface area contributed by atoms with Gasteiger partial charge in [0.25, 0.3) is 0 Å². The summed E-state index contributed by atoms with van der Waals surface area (Å²) in [7, 11) is 4.01. The lowest BCUT2D eigenvalue weighted by molar-refractivity contribution is 0.105. The van der Waals surface area contributed by atoms with Crippen LogP contribution in [0.3, 0.4) is 0 Å². The van der Waals surface area contributed by atoms with Gasteiger partial charge in [0.1, 0.15) is 0 Å². The first-order valence-corrected chi connectivity index (χ1v) is 8.61. The molecule has 118 valence electrons. The Bertz CT molecular complexity index is 464. The summed E-state index contributed by atoms with van der Waals surface area (Å²) in [6.07, 6.45) is 7.14. The predicted octanol–water partition coefficient (Wildman–Crippen LogP) is 3.95. The molecule has 0 amide bonds.